The van der Waals surface area contributed by atoms with Crippen LogP contribution in [0.25, 0.3) is 0 Å². The van der Waals surface area contributed by atoms with Crippen molar-refractivity contribution in [2.24, 2.45) is 0 Å². The molecule has 2 aliphatic rings. The SMILES string of the molecule is CCOC1CC2(CCNCC2)Oc2cc(C)ccc21. The van der Waals surface area contributed by atoms with Crippen LogP contribution in [0.4, 0.5) is 0 Å². The third-order valence-corrected chi connectivity index (χ3v) is 4.28. The fourth-order valence-electron chi connectivity index (χ4n) is 3.26. The highest BCUT2D eigenvalue weighted by atomic mass is 16.5. The molecule has 3 rings (SSSR count). The summed E-state index contributed by atoms with van der Waals surface area (Å²) >= 11 is 0. The van der Waals surface area contributed by atoms with Crippen LogP contribution in [0.3, 0.4) is 0 Å². The summed E-state index contributed by atoms with van der Waals surface area (Å²) in [5, 5.41) is 3.42. The fourth-order valence-corrected chi connectivity index (χ4v) is 3.26. The van der Waals surface area contributed by atoms with Gasteiger partial charge < -0.3 is 14.8 Å². The number of benzene rings is 1. The van der Waals surface area contributed by atoms with Crippen molar-refractivity contribution >= 4 is 0 Å². The molecule has 1 atom stereocenters. The quantitative estimate of drug-likeness (QED) is 0.888. The van der Waals surface area contributed by atoms with E-state index in [0.29, 0.717) is 0 Å². The van der Waals surface area contributed by atoms with Gasteiger partial charge in [-0.15, -0.1) is 0 Å². The Morgan fingerprint density at radius 1 is 1.37 bits per heavy atom. The van der Waals surface area contributed by atoms with Crippen molar-refractivity contribution in [3.05, 3.63) is 29.3 Å². The maximum Gasteiger partial charge on any atom is 0.126 e. The summed E-state index contributed by atoms with van der Waals surface area (Å²) < 4.78 is 12.4. The molecular weight excluding hydrogens is 238 g/mol. The van der Waals surface area contributed by atoms with E-state index in [9.17, 15) is 0 Å². The first-order valence-electron chi connectivity index (χ1n) is 7.34. The highest BCUT2D eigenvalue weighted by Crippen LogP contribution is 2.45. The van der Waals surface area contributed by atoms with Gasteiger partial charge in [-0.2, -0.15) is 0 Å². The molecule has 0 radical (unpaired) electrons. The highest BCUT2D eigenvalue weighted by Gasteiger charge is 2.42. The van der Waals surface area contributed by atoms with Crippen molar-refractivity contribution in [2.45, 2.75) is 44.8 Å². The topological polar surface area (TPSA) is 30.5 Å². The Bertz CT molecular complexity index is 452. The molecule has 0 amide bonds. The van der Waals surface area contributed by atoms with Gasteiger partial charge in [0.1, 0.15) is 11.4 Å². The molecule has 3 heteroatoms. The van der Waals surface area contributed by atoms with Crippen LogP contribution in [0.1, 0.15) is 43.4 Å². The van der Waals surface area contributed by atoms with Gasteiger partial charge in [-0.1, -0.05) is 12.1 Å². The zero-order valence-corrected chi connectivity index (χ0v) is 11.9. The largest absolute Gasteiger partial charge is 0.487 e. The molecule has 1 saturated heterocycles. The Morgan fingerprint density at radius 3 is 2.89 bits per heavy atom. The monoisotopic (exact) mass is 261 g/mol. The molecule has 2 heterocycles. The number of fused-ring (bicyclic) bond motifs is 1. The third-order valence-electron chi connectivity index (χ3n) is 4.28. The molecule has 0 bridgehead atoms. The predicted molar refractivity (Wildman–Crippen MR) is 75.6 cm³/mol. The van der Waals surface area contributed by atoms with Gasteiger partial charge in [0.2, 0.25) is 0 Å². The first kappa shape index (κ1) is 12.9. The number of ether oxygens (including phenoxy) is 2. The molecule has 2 aliphatic heterocycles. The van der Waals surface area contributed by atoms with E-state index in [4.69, 9.17) is 9.47 Å². The summed E-state index contributed by atoms with van der Waals surface area (Å²) in [5.41, 5.74) is 2.45. The van der Waals surface area contributed by atoms with Crippen molar-refractivity contribution in [2.75, 3.05) is 19.7 Å². The number of piperidine rings is 1. The maximum absolute atomic E-state index is 6.40. The Morgan fingerprint density at radius 2 is 2.16 bits per heavy atom. The Kier molecular flexibility index (Phi) is 3.50. The lowest BCUT2D eigenvalue weighted by Gasteiger charge is -2.44. The number of nitrogens with one attached hydrogen (secondary N) is 1. The van der Waals surface area contributed by atoms with Gasteiger partial charge in [-0.25, -0.2) is 0 Å². The lowest BCUT2D eigenvalue weighted by molar-refractivity contribution is -0.0589. The minimum absolute atomic E-state index is 0.0219. The van der Waals surface area contributed by atoms with E-state index in [-0.39, 0.29) is 11.7 Å². The summed E-state index contributed by atoms with van der Waals surface area (Å²) in [5.74, 6) is 1.03. The molecule has 1 fully saturated rings. The lowest BCUT2D eigenvalue weighted by Crippen LogP contribution is -2.49. The zero-order chi connectivity index (χ0) is 13.3. The van der Waals surface area contributed by atoms with E-state index >= 15 is 0 Å². The summed E-state index contributed by atoms with van der Waals surface area (Å²) in [7, 11) is 0. The van der Waals surface area contributed by atoms with Gasteiger partial charge in [0.15, 0.2) is 0 Å². The molecule has 104 valence electrons. The van der Waals surface area contributed by atoms with Crippen LogP contribution < -0.4 is 10.1 Å². The molecule has 3 nitrogen and oxygen atoms in total. The van der Waals surface area contributed by atoms with Crippen molar-refractivity contribution < 1.29 is 9.47 Å². The van der Waals surface area contributed by atoms with E-state index < -0.39 is 0 Å². The van der Waals surface area contributed by atoms with Gasteiger partial charge in [-0.3, -0.25) is 0 Å². The molecule has 1 aromatic carbocycles. The second-order valence-corrected chi connectivity index (χ2v) is 5.72. The predicted octanol–water partition coefficient (Wildman–Crippen LogP) is 2.98. The summed E-state index contributed by atoms with van der Waals surface area (Å²) in [6, 6.07) is 6.47. The molecule has 1 aromatic rings. The van der Waals surface area contributed by atoms with Gasteiger partial charge in [-0.05, 0) is 51.4 Å². The van der Waals surface area contributed by atoms with Gasteiger partial charge in [0.05, 0.1) is 6.10 Å². The molecule has 19 heavy (non-hydrogen) atoms. The van der Waals surface area contributed by atoms with E-state index in [1.807, 2.05) is 0 Å². The van der Waals surface area contributed by atoms with Crippen molar-refractivity contribution in [3.63, 3.8) is 0 Å². The molecule has 0 saturated carbocycles. The zero-order valence-electron chi connectivity index (χ0n) is 11.9. The van der Waals surface area contributed by atoms with Gasteiger partial charge in [0.25, 0.3) is 0 Å². The fraction of sp³-hybridized carbons (Fsp3) is 0.625. The first-order valence-corrected chi connectivity index (χ1v) is 7.34. The van der Waals surface area contributed by atoms with Crippen molar-refractivity contribution in [3.8, 4) is 5.75 Å². The molecule has 1 unspecified atom stereocenters. The Hall–Kier alpha value is -1.06. The molecular formula is C16H23NO2. The second-order valence-electron chi connectivity index (χ2n) is 5.72. The van der Waals surface area contributed by atoms with E-state index in [1.54, 1.807) is 0 Å². The second kappa shape index (κ2) is 5.14. The first-order chi connectivity index (χ1) is 9.22. The van der Waals surface area contributed by atoms with Crippen molar-refractivity contribution in [1.29, 1.82) is 0 Å². The van der Waals surface area contributed by atoms with Crippen LogP contribution in [0.2, 0.25) is 0 Å². The molecule has 1 spiro atoms. The third kappa shape index (κ3) is 2.49. The average molecular weight is 261 g/mol. The van der Waals surface area contributed by atoms with Crippen LogP contribution in [0.5, 0.6) is 5.75 Å². The molecule has 1 N–H and O–H groups in total. The summed E-state index contributed by atoms with van der Waals surface area (Å²) in [6.07, 6.45) is 3.32. The lowest BCUT2D eigenvalue weighted by atomic mass is 9.82. The van der Waals surface area contributed by atoms with Gasteiger partial charge in [0, 0.05) is 18.6 Å². The van der Waals surface area contributed by atoms with Crippen LogP contribution in [0.15, 0.2) is 18.2 Å². The average Bonchev–Trinajstić information content (AvgIpc) is 2.39. The van der Waals surface area contributed by atoms with Crippen LogP contribution in [-0.2, 0) is 4.74 Å². The molecule has 0 aliphatic carbocycles. The molecule has 0 aromatic heterocycles. The number of hydrogen-bond donors (Lipinski definition) is 1. The Balaban J connectivity index is 1.94. The summed E-state index contributed by atoms with van der Waals surface area (Å²) in [6.45, 7) is 7.02. The smallest absolute Gasteiger partial charge is 0.126 e. The maximum atomic E-state index is 6.40. The van der Waals surface area contributed by atoms with Crippen molar-refractivity contribution in [1.82, 2.24) is 5.32 Å². The van der Waals surface area contributed by atoms with E-state index in [1.165, 1.54) is 11.1 Å². The van der Waals surface area contributed by atoms with E-state index in [2.05, 4.69) is 37.4 Å². The number of aryl methyl sites for hydroxylation is 1. The van der Waals surface area contributed by atoms with Crippen LogP contribution in [-0.4, -0.2) is 25.3 Å². The van der Waals surface area contributed by atoms with Crippen LogP contribution in [0, 0.1) is 6.92 Å². The van der Waals surface area contributed by atoms with Gasteiger partial charge >= 0.3 is 0 Å². The van der Waals surface area contributed by atoms with Crippen LogP contribution >= 0.6 is 0 Å². The minimum Gasteiger partial charge on any atom is -0.487 e. The minimum atomic E-state index is -0.0219. The standard InChI is InChI=1S/C16H23NO2/c1-3-18-15-11-16(6-8-17-9-7-16)19-14-10-12(2)4-5-13(14)15/h4-5,10,15,17H,3,6-9,11H2,1-2H3. The summed E-state index contributed by atoms with van der Waals surface area (Å²) in [4.78, 5) is 0. The Labute approximate surface area is 115 Å². The number of hydrogen-bond acceptors (Lipinski definition) is 3. The normalized spacial score (nSPS) is 24.8. The number of rotatable bonds is 2. The van der Waals surface area contributed by atoms with E-state index in [0.717, 1.165) is 44.7 Å². The highest BCUT2D eigenvalue weighted by molar-refractivity contribution is 5.41.